The molecule has 4 nitrogen and oxygen atoms in total. The Bertz CT molecular complexity index is 521. The van der Waals surface area contributed by atoms with Crippen LogP contribution in [0.2, 0.25) is 0 Å². The Labute approximate surface area is 102 Å². The molecule has 2 rings (SSSR count). The average molecular weight is 282 g/mol. The van der Waals surface area contributed by atoms with Gasteiger partial charge >= 0.3 is 0 Å². The number of nitrogens with one attached hydrogen (secondary N) is 1. The SMILES string of the molecule is CCC(=O)NCc1nc(Br)c2ccccn12. The number of fused-ring (bicyclic) bond motifs is 1. The van der Waals surface area contributed by atoms with Crippen molar-refractivity contribution >= 4 is 27.4 Å². The van der Waals surface area contributed by atoms with Crippen LogP contribution >= 0.6 is 15.9 Å². The molecule has 0 radical (unpaired) electrons. The molecule has 0 bridgehead atoms. The molecule has 2 heterocycles. The predicted octanol–water partition coefficient (Wildman–Crippen LogP) is 2.12. The van der Waals surface area contributed by atoms with Gasteiger partial charge in [0.15, 0.2) is 0 Å². The Hall–Kier alpha value is -1.36. The number of aromatic nitrogens is 2. The van der Waals surface area contributed by atoms with E-state index in [-0.39, 0.29) is 5.91 Å². The molecule has 0 aliphatic heterocycles. The lowest BCUT2D eigenvalue weighted by molar-refractivity contribution is -0.120. The second kappa shape index (κ2) is 4.65. The van der Waals surface area contributed by atoms with Gasteiger partial charge in [-0.25, -0.2) is 4.98 Å². The number of pyridine rings is 1. The molecule has 0 aliphatic rings. The third-order valence-corrected chi connectivity index (χ3v) is 2.92. The summed E-state index contributed by atoms with van der Waals surface area (Å²) in [5.41, 5.74) is 1.00. The van der Waals surface area contributed by atoms with Crippen LogP contribution < -0.4 is 5.32 Å². The van der Waals surface area contributed by atoms with E-state index in [1.54, 1.807) is 0 Å². The van der Waals surface area contributed by atoms with Crippen molar-refractivity contribution in [3.63, 3.8) is 0 Å². The van der Waals surface area contributed by atoms with Crippen LogP contribution in [-0.2, 0) is 11.3 Å². The molecule has 0 aromatic carbocycles. The zero-order valence-corrected chi connectivity index (χ0v) is 10.5. The molecule has 0 fully saturated rings. The number of carbonyl (C=O) groups excluding carboxylic acids is 1. The maximum atomic E-state index is 11.2. The predicted molar refractivity (Wildman–Crippen MR) is 65.0 cm³/mol. The molecule has 0 unspecified atom stereocenters. The highest BCUT2D eigenvalue weighted by atomic mass is 79.9. The number of rotatable bonds is 3. The molecule has 0 aliphatic carbocycles. The lowest BCUT2D eigenvalue weighted by Crippen LogP contribution is -2.22. The maximum Gasteiger partial charge on any atom is 0.220 e. The first-order valence-corrected chi connectivity index (χ1v) is 5.90. The van der Waals surface area contributed by atoms with Crippen LogP contribution in [-0.4, -0.2) is 15.3 Å². The molecule has 2 aromatic rings. The molecule has 16 heavy (non-hydrogen) atoms. The zero-order valence-electron chi connectivity index (χ0n) is 8.90. The Kier molecular flexibility index (Phi) is 3.24. The van der Waals surface area contributed by atoms with Crippen LogP contribution in [0.4, 0.5) is 0 Å². The molecule has 1 N–H and O–H groups in total. The fourth-order valence-electron chi connectivity index (χ4n) is 1.49. The number of hydrogen-bond donors (Lipinski definition) is 1. The number of nitrogens with zero attached hydrogens (tertiary/aromatic N) is 2. The summed E-state index contributed by atoms with van der Waals surface area (Å²) in [5.74, 6) is 0.855. The van der Waals surface area contributed by atoms with Crippen molar-refractivity contribution in [2.24, 2.45) is 0 Å². The van der Waals surface area contributed by atoms with E-state index < -0.39 is 0 Å². The summed E-state index contributed by atoms with van der Waals surface area (Å²) in [5, 5.41) is 2.81. The Morgan fingerprint density at radius 1 is 1.56 bits per heavy atom. The smallest absolute Gasteiger partial charge is 0.220 e. The fraction of sp³-hybridized carbons (Fsp3) is 0.273. The lowest BCUT2D eigenvalue weighted by atomic mass is 10.4. The number of halogens is 1. The number of amides is 1. The van der Waals surface area contributed by atoms with Crippen molar-refractivity contribution < 1.29 is 4.79 Å². The Morgan fingerprint density at radius 3 is 3.12 bits per heavy atom. The van der Waals surface area contributed by atoms with Crippen molar-refractivity contribution in [3.05, 3.63) is 34.8 Å². The first-order valence-electron chi connectivity index (χ1n) is 5.10. The summed E-state index contributed by atoms with van der Waals surface area (Å²) in [6.07, 6.45) is 2.42. The molecule has 84 valence electrons. The van der Waals surface area contributed by atoms with E-state index >= 15 is 0 Å². The van der Waals surface area contributed by atoms with Crippen molar-refractivity contribution in [2.75, 3.05) is 0 Å². The fourth-order valence-corrected chi connectivity index (χ4v) is 2.02. The topological polar surface area (TPSA) is 46.4 Å². The summed E-state index contributed by atoms with van der Waals surface area (Å²) in [4.78, 5) is 15.5. The van der Waals surface area contributed by atoms with E-state index in [1.165, 1.54) is 0 Å². The maximum absolute atomic E-state index is 11.2. The average Bonchev–Trinajstić information content (AvgIpc) is 2.64. The number of imidazole rings is 1. The summed E-state index contributed by atoms with van der Waals surface area (Å²) in [7, 11) is 0. The molecule has 5 heteroatoms. The minimum Gasteiger partial charge on any atom is -0.349 e. The second-order valence-electron chi connectivity index (χ2n) is 3.41. The summed E-state index contributed by atoms with van der Waals surface area (Å²) < 4.78 is 2.76. The van der Waals surface area contributed by atoms with Crippen LogP contribution in [0.1, 0.15) is 19.2 Å². The first kappa shape index (κ1) is 11.1. The van der Waals surface area contributed by atoms with Gasteiger partial charge < -0.3 is 9.72 Å². The molecule has 0 saturated heterocycles. The Morgan fingerprint density at radius 2 is 2.38 bits per heavy atom. The van der Waals surface area contributed by atoms with Gasteiger partial charge in [0, 0.05) is 12.6 Å². The summed E-state index contributed by atoms with van der Waals surface area (Å²) >= 11 is 3.40. The molecule has 0 saturated carbocycles. The van der Waals surface area contributed by atoms with E-state index in [0.29, 0.717) is 13.0 Å². The van der Waals surface area contributed by atoms with Crippen LogP contribution in [0.15, 0.2) is 29.0 Å². The van der Waals surface area contributed by atoms with Crippen LogP contribution in [0, 0.1) is 0 Å². The molecule has 0 spiro atoms. The van der Waals surface area contributed by atoms with Gasteiger partial charge in [-0.05, 0) is 28.1 Å². The molecule has 0 atom stereocenters. The van der Waals surface area contributed by atoms with Crippen molar-refractivity contribution in [1.29, 1.82) is 0 Å². The third-order valence-electron chi connectivity index (χ3n) is 2.34. The monoisotopic (exact) mass is 281 g/mol. The first-order chi connectivity index (χ1) is 7.72. The van der Waals surface area contributed by atoms with Crippen LogP contribution in [0.25, 0.3) is 5.52 Å². The van der Waals surface area contributed by atoms with Gasteiger partial charge in [0.1, 0.15) is 10.4 Å². The molecule has 1 amide bonds. The highest BCUT2D eigenvalue weighted by molar-refractivity contribution is 9.10. The Balaban J connectivity index is 2.27. The number of carbonyl (C=O) groups is 1. The van der Waals surface area contributed by atoms with Crippen molar-refractivity contribution in [1.82, 2.24) is 14.7 Å². The van der Waals surface area contributed by atoms with E-state index in [0.717, 1.165) is 15.9 Å². The van der Waals surface area contributed by atoms with Gasteiger partial charge in [-0.2, -0.15) is 0 Å². The standard InChI is InChI=1S/C11H12BrN3O/c1-2-10(16)13-7-9-14-11(12)8-5-3-4-6-15(8)9/h3-6H,2,7H2,1H3,(H,13,16). The highest BCUT2D eigenvalue weighted by Gasteiger charge is 2.08. The lowest BCUT2D eigenvalue weighted by Gasteiger charge is -2.02. The van der Waals surface area contributed by atoms with Crippen LogP contribution in [0.5, 0.6) is 0 Å². The van der Waals surface area contributed by atoms with E-state index in [9.17, 15) is 4.79 Å². The second-order valence-corrected chi connectivity index (χ2v) is 4.16. The minimum absolute atomic E-state index is 0.0313. The van der Waals surface area contributed by atoms with Gasteiger partial charge in [-0.1, -0.05) is 13.0 Å². The summed E-state index contributed by atoms with van der Waals surface area (Å²) in [6.45, 7) is 2.28. The summed E-state index contributed by atoms with van der Waals surface area (Å²) in [6, 6.07) is 5.87. The molecule has 2 aromatic heterocycles. The van der Waals surface area contributed by atoms with Crippen LogP contribution in [0.3, 0.4) is 0 Å². The minimum atomic E-state index is 0.0313. The number of hydrogen-bond acceptors (Lipinski definition) is 2. The quantitative estimate of drug-likeness (QED) is 0.937. The third kappa shape index (κ3) is 2.09. The van der Waals surface area contributed by atoms with Gasteiger partial charge in [0.05, 0.1) is 12.1 Å². The van der Waals surface area contributed by atoms with Crippen molar-refractivity contribution in [3.8, 4) is 0 Å². The van der Waals surface area contributed by atoms with Gasteiger partial charge in [-0.3, -0.25) is 4.79 Å². The van der Waals surface area contributed by atoms with Gasteiger partial charge in [0.2, 0.25) is 5.91 Å². The van der Waals surface area contributed by atoms with Crippen molar-refractivity contribution in [2.45, 2.75) is 19.9 Å². The van der Waals surface area contributed by atoms with E-state index in [4.69, 9.17) is 0 Å². The van der Waals surface area contributed by atoms with E-state index in [2.05, 4.69) is 26.2 Å². The molecular formula is C11H12BrN3O. The molecular weight excluding hydrogens is 270 g/mol. The highest BCUT2D eigenvalue weighted by Crippen LogP contribution is 2.18. The largest absolute Gasteiger partial charge is 0.349 e. The van der Waals surface area contributed by atoms with Gasteiger partial charge in [0.25, 0.3) is 0 Å². The normalized spacial score (nSPS) is 10.6. The van der Waals surface area contributed by atoms with E-state index in [1.807, 2.05) is 35.7 Å². The van der Waals surface area contributed by atoms with Gasteiger partial charge in [-0.15, -0.1) is 0 Å². The zero-order chi connectivity index (χ0) is 11.5.